The van der Waals surface area contributed by atoms with Gasteiger partial charge in [-0.25, -0.2) is 9.69 Å². The largest absolute Gasteiger partial charge is 0.335 e. The molecular formula is C26H19Cl3N2O3. The third-order valence-electron chi connectivity index (χ3n) is 5.35. The van der Waals surface area contributed by atoms with Crippen molar-refractivity contribution in [2.75, 3.05) is 4.90 Å². The molecule has 172 valence electrons. The molecule has 4 amide bonds. The Labute approximate surface area is 211 Å². The van der Waals surface area contributed by atoms with E-state index in [1.54, 1.807) is 12.1 Å². The normalized spacial score (nSPS) is 15.1. The number of hydrogen-bond acceptors (Lipinski definition) is 3. The predicted octanol–water partition coefficient (Wildman–Crippen LogP) is 6.52. The van der Waals surface area contributed by atoms with E-state index in [0.29, 0.717) is 17.0 Å². The third-order valence-corrected chi connectivity index (χ3v) is 6.32. The van der Waals surface area contributed by atoms with Crippen molar-refractivity contribution < 1.29 is 14.4 Å². The number of nitrogens with one attached hydrogen (secondary N) is 1. The molecule has 34 heavy (non-hydrogen) atoms. The number of halogens is 3. The molecule has 1 aliphatic rings. The molecule has 0 saturated carbocycles. The van der Waals surface area contributed by atoms with Crippen LogP contribution in [0.25, 0.3) is 6.08 Å². The maximum Gasteiger partial charge on any atom is 0.335 e. The van der Waals surface area contributed by atoms with Crippen LogP contribution in [0.4, 0.5) is 10.5 Å². The van der Waals surface area contributed by atoms with Crippen LogP contribution in [0.3, 0.4) is 0 Å². The van der Waals surface area contributed by atoms with E-state index in [0.717, 1.165) is 27.2 Å². The molecule has 1 fully saturated rings. The summed E-state index contributed by atoms with van der Waals surface area (Å²) in [4.78, 5) is 39.2. The number of anilines is 1. The summed E-state index contributed by atoms with van der Waals surface area (Å²) in [6, 6.07) is 15.0. The first-order chi connectivity index (χ1) is 16.1. The highest BCUT2D eigenvalue weighted by Gasteiger charge is 2.37. The Hall–Kier alpha value is -3.12. The number of urea groups is 1. The molecular weight excluding hydrogens is 495 g/mol. The lowest BCUT2D eigenvalue weighted by Gasteiger charge is -2.26. The standard InChI is InChI=1S/C26H19Cl3N2O3/c1-14-7-15(2)9-16(8-14)10-17-3-4-19(27)11-18(17)12-21-24(32)30-26(34)31(25(21)33)20-5-6-22(28)23(29)13-20/h3-9,11-13H,10H2,1-2H3,(H,30,32,34)/b21-12+. The quantitative estimate of drug-likeness (QED) is 0.319. The zero-order valence-electron chi connectivity index (χ0n) is 18.3. The molecule has 0 radical (unpaired) electrons. The van der Waals surface area contributed by atoms with E-state index in [9.17, 15) is 14.4 Å². The summed E-state index contributed by atoms with van der Waals surface area (Å²) in [5.74, 6) is -1.56. The van der Waals surface area contributed by atoms with Crippen molar-refractivity contribution in [3.05, 3.63) is 103 Å². The second-order valence-corrected chi connectivity index (χ2v) is 9.32. The van der Waals surface area contributed by atoms with Crippen LogP contribution in [-0.4, -0.2) is 17.8 Å². The van der Waals surface area contributed by atoms with Crippen molar-refractivity contribution in [3.63, 3.8) is 0 Å². The highest BCUT2D eigenvalue weighted by Crippen LogP contribution is 2.30. The van der Waals surface area contributed by atoms with Gasteiger partial charge in [0.1, 0.15) is 5.57 Å². The summed E-state index contributed by atoms with van der Waals surface area (Å²) >= 11 is 18.3. The molecule has 0 bridgehead atoms. The Morgan fingerprint density at radius 2 is 1.56 bits per heavy atom. The lowest BCUT2D eigenvalue weighted by atomic mass is 9.95. The fraction of sp³-hybridized carbons (Fsp3) is 0.115. The first-order valence-corrected chi connectivity index (χ1v) is 11.5. The number of carbonyl (C=O) groups excluding carboxylic acids is 3. The molecule has 4 rings (SSSR count). The maximum absolute atomic E-state index is 13.3. The monoisotopic (exact) mass is 512 g/mol. The van der Waals surface area contributed by atoms with Crippen molar-refractivity contribution in [2.24, 2.45) is 0 Å². The number of rotatable bonds is 4. The van der Waals surface area contributed by atoms with Crippen molar-refractivity contribution in [1.29, 1.82) is 0 Å². The topological polar surface area (TPSA) is 66.5 Å². The number of barbiturate groups is 1. The zero-order valence-corrected chi connectivity index (χ0v) is 20.6. The van der Waals surface area contributed by atoms with Gasteiger partial charge in [-0.1, -0.05) is 70.2 Å². The Kier molecular flexibility index (Phi) is 6.80. The van der Waals surface area contributed by atoms with E-state index in [2.05, 4.69) is 23.5 Å². The predicted molar refractivity (Wildman–Crippen MR) is 136 cm³/mol. The number of nitrogens with zero attached hydrogens (tertiary/aromatic N) is 1. The van der Waals surface area contributed by atoms with Gasteiger partial charge in [-0.2, -0.15) is 0 Å². The van der Waals surface area contributed by atoms with Gasteiger partial charge in [-0.3, -0.25) is 14.9 Å². The highest BCUT2D eigenvalue weighted by atomic mass is 35.5. The minimum atomic E-state index is -0.868. The van der Waals surface area contributed by atoms with Gasteiger partial charge in [0, 0.05) is 5.02 Å². The summed E-state index contributed by atoms with van der Waals surface area (Å²) < 4.78 is 0. The molecule has 1 aliphatic heterocycles. The Balaban J connectivity index is 1.75. The summed E-state index contributed by atoms with van der Waals surface area (Å²) in [5, 5.41) is 3.12. The van der Waals surface area contributed by atoms with Crippen LogP contribution in [0.1, 0.15) is 27.8 Å². The molecule has 0 spiro atoms. The molecule has 0 atom stereocenters. The van der Waals surface area contributed by atoms with E-state index in [1.807, 2.05) is 19.9 Å². The number of imide groups is 2. The van der Waals surface area contributed by atoms with E-state index in [1.165, 1.54) is 24.3 Å². The van der Waals surface area contributed by atoms with Crippen molar-refractivity contribution in [3.8, 4) is 0 Å². The Morgan fingerprint density at radius 3 is 2.24 bits per heavy atom. The molecule has 1 N–H and O–H groups in total. The van der Waals surface area contributed by atoms with Crippen molar-refractivity contribution >= 4 is 64.4 Å². The van der Waals surface area contributed by atoms with Gasteiger partial charge in [0.2, 0.25) is 0 Å². The second kappa shape index (κ2) is 9.63. The van der Waals surface area contributed by atoms with Crippen LogP contribution in [0.5, 0.6) is 0 Å². The second-order valence-electron chi connectivity index (χ2n) is 8.07. The molecule has 3 aromatic rings. The van der Waals surface area contributed by atoms with Gasteiger partial charge in [-0.05, 0) is 73.4 Å². The molecule has 0 unspecified atom stereocenters. The molecule has 3 aromatic carbocycles. The molecule has 8 heteroatoms. The van der Waals surface area contributed by atoms with Crippen LogP contribution in [0.15, 0.2) is 60.2 Å². The van der Waals surface area contributed by atoms with E-state index >= 15 is 0 Å². The third kappa shape index (κ3) is 5.02. The van der Waals surface area contributed by atoms with Gasteiger partial charge in [0.25, 0.3) is 11.8 Å². The van der Waals surface area contributed by atoms with E-state index < -0.39 is 17.8 Å². The van der Waals surface area contributed by atoms with Crippen LogP contribution < -0.4 is 10.2 Å². The lowest BCUT2D eigenvalue weighted by Crippen LogP contribution is -2.54. The smallest absolute Gasteiger partial charge is 0.273 e. The number of benzene rings is 3. The molecule has 0 aliphatic carbocycles. The van der Waals surface area contributed by atoms with Gasteiger partial charge in [0.15, 0.2) is 0 Å². The fourth-order valence-electron chi connectivity index (χ4n) is 3.92. The minimum Gasteiger partial charge on any atom is -0.273 e. The number of hydrogen-bond donors (Lipinski definition) is 1. The van der Waals surface area contributed by atoms with Crippen LogP contribution >= 0.6 is 34.8 Å². The van der Waals surface area contributed by atoms with Crippen molar-refractivity contribution in [2.45, 2.75) is 20.3 Å². The van der Waals surface area contributed by atoms with Gasteiger partial charge >= 0.3 is 6.03 Å². The van der Waals surface area contributed by atoms with Crippen LogP contribution in [-0.2, 0) is 16.0 Å². The van der Waals surface area contributed by atoms with E-state index in [-0.39, 0.29) is 21.3 Å². The van der Waals surface area contributed by atoms with Crippen LogP contribution in [0.2, 0.25) is 15.1 Å². The fourth-order valence-corrected chi connectivity index (χ4v) is 4.40. The van der Waals surface area contributed by atoms with Gasteiger partial charge in [-0.15, -0.1) is 0 Å². The highest BCUT2D eigenvalue weighted by molar-refractivity contribution is 6.43. The van der Waals surface area contributed by atoms with Crippen LogP contribution in [0, 0.1) is 13.8 Å². The van der Waals surface area contributed by atoms with Crippen molar-refractivity contribution in [1.82, 2.24) is 5.32 Å². The van der Waals surface area contributed by atoms with Gasteiger partial charge in [0.05, 0.1) is 15.7 Å². The summed E-state index contributed by atoms with van der Waals surface area (Å²) in [6.07, 6.45) is 2.03. The zero-order chi connectivity index (χ0) is 24.6. The minimum absolute atomic E-state index is 0.174. The Bertz CT molecular complexity index is 1360. The SMILES string of the molecule is Cc1cc(C)cc(Cc2ccc(Cl)cc2/C=C2\C(=O)NC(=O)N(c3ccc(Cl)c(Cl)c3)C2=O)c1. The summed E-state index contributed by atoms with van der Waals surface area (Å²) in [6.45, 7) is 4.06. The molecule has 0 aromatic heterocycles. The average Bonchev–Trinajstić information content (AvgIpc) is 2.74. The lowest BCUT2D eigenvalue weighted by molar-refractivity contribution is -0.122. The van der Waals surface area contributed by atoms with E-state index in [4.69, 9.17) is 34.8 Å². The number of amides is 4. The molecule has 5 nitrogen and oxygen atoms in total. The average molecular weight is 514 g/mol. The number of aryl methyl sites for hydroxylation is 2. The first-order valence-electron chi connectivity index (χ1n) is 10.3. The molecule has 1 heterocycles. The van der Waals surface area contributed by atoms with Gasteiger partial charge < -0.3 is 0 Å². The maximum atomic E-state index is 13.3. The summed E-state index contributed by atoms with van der Waals surface area (Å²) in [5.41, 5.74) is 4.84. The first kappa shape index (κ1) is 24.0. The number of carbonyl (C=O) groups is 3. The Morgan fingerprint density at radius 1 is 0.853 bits per heavy atom. The summed E-state index contributed by atoms with van der Waals surface area (Å²) in [7, 11) is 0. The molecule has 1 saturated heterocycles.